The summed E-state index contributed by atoms with van der Waals surface area (Å²) in [7, 11) is 0. The van der Waals surface area contributed by atoms with Gasteiger partial charge in [0.15, 0.2) is 4.80 Å². The van der Waals surface area contributed by atoms with Crippen molar-refractivity contribution in [3.05, 3.63) is 71.6 Å². The van der Waals surface area contributed by atoms with Crippen LogP contribution in [0.15, 0.2) is 66.2 Å². The second-order valence-corrected chi connectivity index (χ2v) is 6.85. The van der Waals surface area contributed by atoms with Crippen molar-refractivity contribution in [2.24, 2.45) is 4.99 Å². The third kappa shape index (κ3) is 4.29. The number of benzene rings is 2. The Labute approximate surface area is 157 Å². The number of aromatic nitrogens is 1. The predicted octanol–water partition coefficient (Wildman–Crippen LogP) is 4.35. The summed E-state index contributed by atoms with van der Waals surface area (Å²) in [6, 6.07) is 15.9. The zero-order chi connectivity index (χ0) is 18.4. The Balaban J connectivity index is 1.89. The number of thiazole rings is 1. The largest absolute Gasteiger partial charge is 0.494 e. The molecule has 0 saturated carbocycles. The van der Waals surface area contributed by atoms with E-state index in [1.54, 1.807) is 0 Å². The van der Waals surface area contributed by atoms with E-state index in [1.165, 1.54) is 11.3 Å². The fourth-order valence-electron chi connectivity index (χ4n) is 2.76. The van der Waals surface area contributed by atoms with Gasteiger partial charge in [0.2, 0.25) is 5.91 Å². The molecule has 0 bridgehead atoms. The van der Waals surface area contributed by atoms with Crippen LogP contribution in [0.5, 0.6) is 5.75 Å². The molecule has 5 heteroatoms. The first kappa shape index (κ1) is 18.1. The molecular weight excluding hydrogens is 344 g/mol. The summed E-state index contributed by atoms with van der Waals surface area (Å²) in [6.45, 7) is 7.01. The van der Waals surface area contributed by atoms with Gasteiger partial charge in [-0.25, -0.2) is 0 Å². The van der Waals surface area contributed by atoms with Crippen LogP contribution in [0.2, 0.25) is 0 Å². The first-order valence-corrected chi connectivity index (χ1v) is 9.51. The maximum absolute atomic E-state index is 12.4. The number of hydrogen-bond acceptors (Lipinski definition) is 3. The second-order valence-electron chi connectivity index (χ2n) is 5.84. The summed E-state index contributed by atoms with van der Waals surface area (Å²) in [5.74, 6) is 0.720. The fraction of sp³-hybridized carbons (Fsp3) is 0.238. The Kier molecular flexibility index (Phi) is 6.02. The minimum absolute atomic E-state index is 0.108. The average molecular weight is 366 g/mol. The van der Waals surface area contributed by atoms with E-state index in [1.807, 2.05) is 66.1 Å². The van der Waals surface area contributed by atoms with E-state index in [9.17, 15) is 4.79 Å². The van der Waals surface area contributed by atoms with Gasteiger partial charge in [-0.2, -0.15) is 4.99 Å². The molecule has 0 unspecified atom stereocenters. The molecule has 1 aromatic heterocycles. The third-order valence-electron chi connectivity index (χ3n) is 3.97. The number of rotatable bonds is 7. The summed E-state index contributed by atoms with van der Waals surface area (Å²) in [5, 5.41) is 0. The molecule has 0 aliphatic rings. The van der Waals surface area contributed by atoms with Crippen molar-refractivity contribution >= 4 is 27.5 Å². The number of nitrogens with zero attached hydrogens (tertiary/aromatic N) is 2. The Bertz CT molecular complexity index is 971. The lowest BCUT2D eigenvalue weighted by atomic mass is 10.1. The van der Waals surface area contributed by atoms with Gasteiger partial charge in [-0.1, -0.05) is 47.7 Å². The van der Waals surface area contributed by atoms with Crippen molar-refractivity contribution in [1.82, 2.24) is 4.57 Å². The van der Waals surface area contributed by atoms with Gasteiger partial charge in [0.25, 0.3) is 0 Å². The molecule has 3 rings (SSSR count). The van der Waals surface area contributed by atoms with Crippen LogP contribution >= 0.6 is 11.3 Å². The molecule has 4 nitrogen and oxygen atoms in total. The van der Waals surface area contributed by atoms with Gasteiger partial charge in [-0.15, -0.1) is 6.58 Å². The summed E-state index contributed by atoms with van der Waals surface area (Å²) in [4.78, 5) is 17.4. The van der Waals surface area contributed by atoms with Gasteiger partial charge in [-0.3, -0.25) is 4.79 Å². The standard InChI is InChI=1S/C21H22N2O2S/c1-3-14-23-18-12-11-17(25-4-2)15-19(18)26-21(23)22-20(24)13-10-16-8-6-5-7-9-16/h3,5-9,11-12,15H,1,4,10,13-14H2,2H3. The Hall–Kier alpha value is -2.66. The van der Waals surface area contributed by atoms with Gasteiger partial charge in [-0.05, 0) is 37.1 Å². The van der Waals surface area contributed by atoms with Crippen LogP contribution in [-0.4, -0.2) is 17.1 Å². The molecule has 0 N–H and O–H groups in total. The van der Waals surface area contributed by atoms with E-state index in [4.69, 9.17) is 4.74 Å². The summed E-state index contributed by atoms with van der Waals surface area (Å²) in [6.07, 6.45) is 2.91. The van der Waals surface area contributed by atoms with Gasteiger partial charge in [0.05, 0.1) is 16.8 Å². The summed E-state index contributed by atoms with van der Waals surface area (Å²) >= 11 is 1.50. The predicted molar refractivity (Wildman–Crippen MR) is 107 cm³/mol. The molecule has 1 heterocycles. The number of fused-ring (bicyclic) bond motifs is 1. The summed E-state index contributed by atoms with van der Waals surface area (Å²) < 4.78 is 8.64. The van der Waals surface area contributed by atoms with Crippen molar-refractivity contribution < 1.29 is 9.53 Å². The number of carbonyl (C=O) groups excluding carboxylic acids is 1. The van der Waals surface area contributed by atoms with E-state index in [2.05, 4.69) is 11.6 Å². The molecule has 3 aromatic rings. The average Bonchev–Trinajstić information content (AvgIpc) is 2.98. The first-order valence-electron chi connectivity index (χ1n) is 8.70. The smallest absolute Gasteiger partial charge is 0.248 e. The van der Waals surface area contributed by atoms with E-state index < -0.39 is 0 Å². The fourth-order valence-corrected chi connectivity index (χ4v) is 3.84. The highest BCUT2D eigenvalue weighted by atomic mass is 32.1. The van der Waals surface area contributed by atoms with Gasteiger partial charge < -0.3 is 9.30 Å². The topological polar surface area (TPSA) is 43.6 Å². The van der Waals surface area contributed by atoms with Gasteiger partial charge in [0.1, 0.15) is 5.75 Å². The molecule has 0 fully saturated rings. The minimum atomic E-state index is -0.108. The Morgan fingerprint density at radius 2 is 2.08 bits per heavy atom. The van der Waals surface area contributed by atoms with Crippen molar-refractivity contribution in [1.29, 1.82) is 0 Å². The van der Waals surface area contributed by atoms with Gasteiger partial charge >= 0.3 is 0 Å². The van der Waals surface area contributed by atoms with Crippen LogP contribution in [0, 0.1) is 0 Å². The molecule has 0 spiro atoms. The van der Waals surface area contributed by atoms with Crippen molar-refractivity contribution in [2.75, 3.05) is 6.61 Å². The molecule has 2 aromatic carbocycles. The van der Waals surface area contributed by atoms with E-state index in [0.29, 0.717) is 30.8 Å². The second kappa shape index (κ2) is 8.63. The van der Waals surface area contributed by atoms with Crippen LogP contribution in [0.3, 0.4) is 0 Å². The number of allylic oxidation sites excluding steroid dienone is 1. The molecule has 0 aliphatic heterocycles. The van der Waals surface area contributed by atoms with Crippen LogP contribution in [-0.2, 0) is 17.8 Å². The van der Waals surface area contributed by atoms with Crippen LogP contribution < -0.4 is 9.54 Å². The lowest BCUT2D eigenvalue weighted by Crippen LogP contribution is -2.16. The van der Waals surface area contributed by atoms with Crippen molar-refractivity contribution in [3.8, 4) is 5.75 Å². The normalized spacial score (nSPS) is 11.7. The lowest BCUT2D eigenvalue weighted by Gasteiger charge is -2.04. The number of hydrogen-bond donors (Lipinski definition) is 0. The van der Waals surface area contributed by atoms with Gasteiger partial charge in [0, 0.05) is 13.0 Å². The number of carbonyl (C=O) groups is 1. The van der Waals surface area contributed by atoms with Crippen LogP contribution in [0.1, 0.15) is 18.9 Å². The highest BCUT2D eigenvalue weighted by Crippen LogP contribution is 2.23. The molecule has 26 heavy (non-hydrogen) atoms. The van der Waals surface area contributed by atoms with Crippen LogP contribution in [0.4, 0.5) is 0 Å². The lowest BCUT2D eigenvalue weighted by molar-refractivity contribution is -0.118. The van der Waals surface area contributed by atoms with Crippen molar-refractivity contribution in [2.45, 2.75) is 26.3 Å². The SMILES string of the molecule is C=CCn1c(=NC(=O)CCc2ccccc2)sc2cc(OCC)ccc21. The zero-order valence-corrected chi connectivity index (χ0v) is 15.7. The highest BCUT2D eigenvalue weighted by Gasteiger charge is 2.08. The van der Waals surface area contributed by atoms with E-state index in [0.717, 1.165) is 21.5 Å². The molecule has 0 saturated heterocycles. The van der Waals surface area contributed by atoms with E-state index >= 15 is 0 Å². The number of amides is 1. The Morgan fingerprint density at radius 1 is 1.27 bits per heavy atom. The number of ether oxygens (including phenoxy) is 1. The molecule has 0 aliphatic carbocycles. The molecule has 1 amide bonds. The molecule has 134 valence electrons. The zero-order valence-electron chi connectivity index (χ0n) is 14.9. The molecular formula is C21H22N2O2S. The first-order chi connectivity index (χ1) is 12.7. The number of aryl methyl sites for hydroxylation is 1. The molecule has 0 atom stereocenters. The summed E-state index contributed by atoms with van der Waals surface area (Å²) in [5.41, 5.74) is 2.18. The monoisotopic (exact) mass is 366 g/mol. The quantitative estimate of drug-likeness (QED) is 0.584. The maximum Gasteiger partial charge on any atom is 0.248 e. The van der Waals surface area contributed by atoms with Crippen LogP contribution in [0.25, 0.3) is 10.2 Å². The minimum Gasteiger partial charge on any atom is -0.494 e. The van der Waals surface area contributed by atoms with E-state index in [-0.39, 0.29) is 5.91 Å². The third-order valence-corrected chi connectivity index (χ3v) is 5.01. The molecule has 0 radical (unpaired) electrons. The Morgan fingerprint density at radius 3 is 2.81 bits per heavy atom. The maximum atomic E-state index is 12.4. The van der Waals surface area contributed by atoms with Crippen molar-refractivity contribution in [3.63, 3.8) is 0 Å². The highest BCUT2D eigenvalue weighted by molar-refractivity contribution is 7.16.